The smallest absolute Gasteiger partial charge is 0.341 e. The predicted octanol–water partition coefficient (Wildman–Crippen LogP) is 2.49. The van der Waals surface area contributed by atoms with Crippen LogP contribution >= 0.6 is 22.6 Å². The fourth-order valence-electron chi connectivity index (χ4n) is 1.67. The van der Waals surface area contributed by atoms with Gasteiger partial charge in [-0.3, -0.25) is 0 Å². The fraction of sp³-hybridized carbons (Fsp3) is 0.889. The predicted molar refractivity (Wildman–Crippen MR) is 56.7 cm³/mol. The summed E-state index contributed by atoms with van der Waals surface area (Å²) in [5.41, 5.74) is 0. The molecule has 0 spiro atoms. The SMILES string of the molecule is CCOC(=O)C(F)C1CCCC1I. The van der Waals surface area contributed by atoms with Gasteiger partial charge in [0.15, 0.2) is 0 Å². The quantitative estimate of drug-likeness (QED) is 0.455. The maximum atomic E-state index is 13.5. The second kappa shape index (κ2) is 5.12. The van der Waals surface area contributed by atoms with Crippen molar-refractivity contribution >= 4 is 28.6 Å². The van der Waals surface area contributed by atoms with Crippen molar-refractivity contribution < 1.29 is 13.9 Å². The highest BCUT2D eigenvalue weighted by atomic mass is 127. The monoisotopic (exact) mass is 300 g/mol. The van der Waals surface area contributed by atoms with E-state index in [1.807, 2.05) is 0 Å². The third-order valence-electron chi connectivity index (χ3n) is 2.37. The molecule has 4 heteroatoms. The van der Waals surface area contributed by atoms with Crippen molar-refractivity contribution in [2.24, 2.45) is 5.92 Å². The normalized spacial score (nSPS) is 30.1. The first-order chi connectivity index (χ1) is 6.16. The number of carbonyl (C=O) groups excluding carboxylic acids is 1. The highest BCUT2D eigenvalue weighted by molar-refractivity contribution is 14.1. The second-order valence-corrected chi connectivity index (χ2v) is 4.86. The minimum absolute atomic E-state index is 0.125. The van der Waals surface area contributed by atoms with Crippen molar-refractivity contribution in [1.82, 2.24) is 0 Å². The zero-order valence-electron chi connectivity index (χ0n) is 7.63. The highest BCUT2D eigenvalue weighted by Crippen LogP contribution is 2.35. The molecule has 0 heterocycles. The molecular formula is C9H14FIO2. The van der Waals surface area contributed by atoms with E-state index in [9.17, 15) is 9.18 Å². The van der Waals surface area contributed by atoms with E-state index in [4.69, 9.17) is 0 Å². The van der Waals surface area contributed by atoms with Gasteiger partial charge in [0.2, 0.25) is 6.17 Å². The molecule has 1 fully saturated rings. The Morgan fingerprint density at radius 1 is 1.69 bits per heavy atom. The molecule has 0 amide bonds. The van der Waals surface area contributed by atoms with E-state index in [0.717, 1.165) is 19.3 Å². The van der Waals surface area contributed by atoms with Crippen molar-refractivity contribution in [3.05, 3.63) is 0 Å². The molecule has 0 bridgehead atoms. The molecule has 1 rings (SSSR count). The van der Waals surface area contributed by atoms with Crippen LogP contribution < -0.4 is 0 Å². The summed E-state index contributed by atoms with van der Waals surface area (Å²) >= 11 is 2.22. The molecule has 13 heavy (non-hydrogen) atoms. The first-order valence-electron chi connectivity index (χ1n) is 4.61. The van der Waals surface area contributed by atoms with Gasteiger partial charge in [-0.25, -0.2) is 9.18 Å². The molecule has 0 aromatic heterocycles. The number of rotatable bonds is 3. The summed E-state index contributed by atoms with van der Waals surface area (Å²) in [4.78, 5) is 11.1. The lowest BCUT2D eigenvalue weighted by molar-refractivity contribution is -0.151. The van der Waals surface area contributed by atoms with E-state index in [0.29, 0.717) is 0 Å². The van der Waals surface area contributed by atoms with Gasteiger partial charge in [-0.2, -0.15) is 0 Å². The molecule has 1 aliphatic carbocycles. The molecule has 0 aromatic rings. The van der Waals surface area contributed by atoms with Crippen LogP contribution in [0.3, 0.4) is 0 Å². The summed E-state index contributed by atoms with van der Waals surface area (Å²) in [6.07, 6.45) is 1.45. The van der Waals surface area contributed by atoms with Crippen molar-refractivity contribution in [3.8, 4) is 0 Å². The Morgan fingerprint density at radius 3 is 2.85 bits per heavy atom. The van der Waals surface area contributed by atoms with Crippen molar-refractivity contribution in [2.45, 2.75) is 36.3 Å². The van der Waals surface area contributed by atoms with Gasteiger partial charge in [0.05, 0.1) is 6.61 Å². The summed E-state index contributed by atoms with van der Waals surface area (Å²) in [6, 6.07) is 0. The molecule has 0 saturated heterocycles. The average molecular weight is 300 g/mol. The molecule has 0 N–H and O–H groups in total. The lowest BCUT2D eigenvalue weighted by Gasteiger charge is -2.17. The number of ether oxygens (including phenoxy) is 1. The Labute approximate surface area is 91.4 Å². The van der Waals surface area contributed by atoms with E-state index in [2.05, 4.69) is 27.3 Å². The molecule has 1 saturated carbocycles. The van der Waals surface area contributed by atoms with Crippen LogP contribution in [-0.4, -0.2) is 22.7 Å². The van der Waals surface area contributed by atoms with Gasteiger partial charge in [-0.15, -0.1) is 0 Å². The molecule has 1 aliphatic rings. The van der Waals surface area contributed by atoms with Crippen LogP contribution in [0.15, 0.2) is 0 Å². The molecule has 3 atom stereocenters. The van der Waals surface area contributed by atoms with E-state index in [-0.39, 0.29) is 16.4 Å². The van der Waals surface area contributed by atoms with Gasteiger partial charge in [0.1, 0.15) is 0 Å². The molecule has 2 nitrogen and oxygen atoms in total. The third-order valence-corrected chi connectivity index (χ3v) is 3.92. The molecule has 0 aromatic carbocycles. The highest BCUT2D eigenvalue weighted by Gasteiger charge is 2.37. The third kappa shape index (κ3) is 2.79. The van der Waals surface area contributed by atoms with Gasteiger partial charge >= 0.3 is 5.97 Å². The van der Waals surface area contributed by atoms with Gasteiger partial charge in [0, 0.05) is 9.84 Å². The van der Waals surface area contributed by atoms with Crippen LogP contribution in [0.1, 0.15) is 26.2 Å². The standard InChI is InChI=1S/C9H14FIO2/c1-2-13-9(12)8(10)6-4-3-5-7(6)11/h6-8H,2-5H2,1H3. The Bertz CT molecular complexity index is 186. The summed E-state index contributed by atoms with van der Waals surface area (Å²) in [5.74, 6) is -0.810. The molecule has 76 valence electrons. The maximum Gasteiger partial charge on any atom is 0.341 e. The molecule has 3 unspecified atom stereocenters. The second-order valence-electron chi connectivity index (χ2n) is 3.26. The van der Waals surface area contributed by atoms with E-state index in [1.54, 1.807) is 6.92 Å². The van der Waals surface area contributed by atoms with Crippen molar-refractivity contribution in [3.63, 3.8) is 0 Å². The van der Waals surface area contributed by atoms with Crippen LogP contribution in [0.25, 0.3) is 0 Å². The van der Waals surface area contributed by atoms with Crippen LogP contribution in [0.5, 0.6) is 0 Å². The Kier molecular flexibility index (Phi) is 4.41. The summed E-state index contributed by atoms with van der Waals surface area (Å²) in [6.45, 7) is 1.96. The van der Waals surface area contributed by atoms with Crippen LogP contribution in [-0.2, 0) is 9.53 Å². The number of hydrogen-bond acceptors (Lipinski definition) is 2. The Morgan fingerprint density at radius 2 is 2.38 bits per heavy atom. The first kappa shape index (κ1) is 11.2. The Hall–Kier alpha value is 0.130. The molecule has 0 radical (unpaired) electrons. The Balaban J connectivity index is 2.45. The van der Waals surface area contributed by atoms with Gasteiger partial charge in [0.25, 0.3) is 0 Å². The first-order valence-corrected chi connectivity index (χ1v) is 5.86. The minimum atomic E-state index is -1.41. The summed E-state index contributed by atoms with van der Waals surface area (Å²) in [5, 5.41) is 0. The number of alkyl halides is 2. The summed E-state index contributed by atoms with van der Waals surface area (Å²) < 4.78 is 18.4. The summed E-state index contributed by atoms with van der Waals surface area (Å²) in [7, 11) is 0. The van der Waals surface area contributed by atoms with Crippen LogP contribution in [0, 0.1) is 5.92 Å². The van der Waals surface area contributed by atoms with Crippen LogP contribution in [0.4, 0.5) is 4.39 Å². The number of halogens is 2. The van der Waals surface area contributed by atoms with E-state index >= 15 is 0 Å². The average Bonchev–Trinajstić information content (AvgIpc) is 2.50. The van der Waals surface area contributed by atoms with Gasteiger partial charge in [-0.05, 0) is 19.8 Å². The van der Waals surface area contributed by atoms with Crippen molar-refractivity contribution in [1.29, 1.82) is 0 Å². The van der Waals surface area contributed by atoms with E-state index in [1.165, 1.54) is 0 Å². The molecule has 0 aliphatic heterocycles. The largest absolute Gasteiger partial charge is 0.464 e. The van der Waals surface area contributed by atoms with Gasteiger partial charge < -0.3 is 4.74 Å². The minimum Gasteiger partial charge on any atom is -0.464 e. The maximum absolute atomic E-state index is 13.5. The lowest BCUT2D eigenvalue weighted by atomic mass is 10.0. The fourth-order valence-corrected chi connectivity index (χ4v) is 2.83. The zero-order chi connectivity index (χ0) is 9.84. The van der Waals surface area contributed by atoms with Gasteiger partial charge in [-0.1, -0.05) is 29.0 Å². The number of hydrogen-bond donors (Lipinski definition) is 0. The van der Waals surface area contributed by atoms with Crippen LogP contribution in [0.2, 0.25) is 0 Å². The number of esters is 1. The topological polar surface area (TPSA) is 26.3 Å². The lowest BCUT2D eigenvalue weighted by Crippen LogP contribution is -2.30. The van der Waals surface area contributed by atoms with Crippen molar-refractivity contribution in [2.75, 3.05) is 6.61 Å². The molecular weight excluding hydrogens is 286 g/mol. The zero-order valence-corrected chi connectivity index (χ0v) is 9.79. The number of carbonyl (C=O) groups is 1. The van der Waals surface area contributed by atoms with E-state index < -0.39 is 12.1 Å².